The molecule has 2 aromatic rings. The van der Waals surface area contributed by atoms with Crippen molar-refractivity contribution < 1.29 is 14.7 Å². The van der Waals surface area contributed by atoms with Crippen LogP contribution in [-0.4, -0.2) is 44.9 Å². The molecule has 1 aliphatic rings. The molecule has 1 fully saturated rings. The lowest BCUT2D eigenvalue weighted by Gasteiger charge is -2.14. The van der Waals surface area contributed by atoms with Crippen LogP contribution in [0.5, 0.6) is 0 Å². The first-order valence-electron chi connectivity index (χ1n) is 7.89. The number of carboxylic acid groups (broad SMARTS) is 1. The Morgan fingerprint density at radius 2 is 2.00 bits per heavy atom. The van der Waals surface area contributed by atoms with E-state index in [-0.39, 0.29) is 17.4 Å². The van der Waals surface area contributed by atoms with Gasteiger partial charge >= 0.3 is 5.97 Å². The lowest BCUT2D eigenvalue weighted by atomic mass is 10.0. The number of aromatic carboxylic acids is 1. The van der Waals surface area contributed by atoms with Crippen molar-refractivity contribution in [2.75, 3.05) is 13.1 Å². The van der Waals surface area contributed by atoms with Crippen molar-refractivity contribution in [3.8, 4) is 11.3 Å². The second-order valence-corrected chi connectivity index (χ2v) is 6.05. The Labute approximate surface area is 140 Å². The summed E-state index contributed by atoms with van der Waals surface area (Å²) in [6.07, 6.45) is 0.822. The fourth-order valence-electron chi connectivity index (χ4n) is 3.06. The predicted molar refractivity (Wildman–Crippen MR) is 88.8 cm³/mol. The zero-order valence-electron chi connectivity index (χ0n) is 13.7. The quantitative estimate of drug-likeness (QED) is 0.937. The topological polar surface area (TPSA) is 83.4 Å². The molecule has 0 spiro atoms. The summed E-state index contributed by atoms with van der Waals surface area (Å²) in [5.41, 5.74) is 2.20. The summed E-state index contributed by atoms with van der Waals surface area (Å²) in [4.78, 5) is 33.9. The molecule has 0 saturated carbocycles. The minimum Gasteiger partial charge on any atom is -0.478 e. The molecule has 6 heteroatoms. The first-order valence-corrected chi connectivity index (χ1v) is 7.89. The predicted octanol–water partition coefficient (Wildman–Crippen LogP) is 2.49. The molecule has 2 heterocycles. The van der Waals surface area contributed by atoms with Gasteiger partial charge in [0.25, 0.3) is 0 Å². The molecular weight excluding hydrogens is 306 g/mol. The molecule has 0 bridgehead atoms. The van der Waals surface area contributed by atoms with Crippen LogP contribution < -0.4 is 0 Å². The van der Waals surface area contributed by atoms with Gasteiger partial charge < -0.3 is 10.0 Å². The number of benzene rings is 1. The molecule has 124 valence electrons. The van der Waals surface area contributed by atoms with Crippen LogP contribution in [0, 0.1) is 6.92 Å². The Morgan fingerprint density at radius 1 is 1.25 bits per heavy atom. The molecule has 0 aliphatic carbocycles. The number of hydrogen-bond acceptors (Lipinski definition) is 4. The third-order valence-corrected chi connectivity index (χ3v) is 4.30. The molecule has 1 unspecified atom stereocenters. The molecule has 1 amide bonds. The Morgan fingerprint density at radius 3 is 2.67 bits per heavy atom. The lowest BCUT2D eigenvalue weighted by molar-refractivity contribution is -0.127. The molecule has 0 radical (unpaired) electrons. The van der Waals surface area contributed by atoms with E-state index in [1.54, 1.807) is 42.2 Å². The highest BCUT2D eigenvalue weighted by molar-refractivity contribution is 5.95. The highest BCUT2D eigenvalue weighted by Crippen LogP contribution is 2.28. The van der Waals surface area contributed by atoms with Crippen molar-refractivity contribution >= 4 is 11.9 Å². The van der Waals surface area contributed by atoms with Gasteiger partial charge in [0.2, 0.25) is 5.91 Å². The van der Waals surface area contributed by atoms with E-state index in [0.29, 0.717) is 30.2 Å². The van der Waals surface area contributed by atoms with Crippen molar-refractivity contribution in [2.24, 2.45) is 0 Å². The van der Waals surface area contributed by atoms with Crippen molar-refractivity contribution in [3.05, 3.63) is 47.4 Å². The van der Waals surface area contributed by atoms with E-state index in [4.69, 9.17) is 0 Å². The molecule has 3 rings (SSSR count). The minimum absolute atomic E-state index is 0.0570. The Kier molecular flexibility index (Phi) is 4.29. The van der Waals surface area contributed by atoms with Crippen molar-refractivity contribution in [2.45, 2.75) is 26.2 Å². The number of aryl methyl sites for hydroxylation is 1. The summed E-state index contributed by atoms with van der Waals surface area (Å²) in [7, 11) is 0. The highest BCUT2D eigenvalue weighted by Gasteiger charge is 2.28. The smallest absolute Gasteiger partial charge is 0.336 e. The van der Waals surface area contributed by atoms with E-state index >= 15 is 0 Å². The molecule has 1 aromatic carbocycles. The zero-order valence-corrected chi connectivity index (χ0v) is 13.7. The van der Waals surface area contributed by atoms with E-state index in [1.165, 1.54) is 0 Å². The van der Waals surface area contributed by atoms with Crippen molar-refractivity contribution in [1.29, 1.82) is 0 Å². The summed E-state index contributed by atoms with van der Waals surface area (Å²) in [5.74, 6) is -0.160. The van der Waals surface area contributed by atoms with Crippen LogP contribution in [0.15, 0.2) is 30.3 Å². The maximum Gasteiger partial charge on any atom is 0.336 e. The largest absolute Gasteiger partial charge is 0.478 e. The van der Waals surface area contributed by atoms with Gasteiger partial charge in [-0.15, -0.1) is 0 Å². The first-order chi connectivity index (χ1) is 11.5. The molecule has 24 heavy (non-hydrogen) atoms. The molecule has 1 N–H and O–H groups in total. The fraction of sp³-hybridized carbons (Fsp3) is 0.333. The van der Waals surface area contributed by atoms with Crippen LogP contribution in [0.1, 0.15) is 41.1 Å². The number of rotatable bonds is 3. The number of aromatic nitrogens is 2. The number of hydrogen-bond donors (Lipinski definition) is 1. The van der Waals surface area contributed by atoms with Gasteiger partial charge in [0.05, 0.1) is 11.3 Å². The number of likely N-dealkylation sites (tertiary alicyclic amines) is 1. The van der Waals surface area contributed by atoms with Gasteiger partial charge in [0.1, 0.15) is 5.82 Å². The monoisotopic (exact) mass is 325 g/mol. The fourth-order valence-corrected chi connectivity index (χ4v) is 3.06. The number of amides is 1. The normalized spacial score (nSPS) is 17.1. The first kappa shape index (κ1) is 16.1. The molecule has 1 aliphatic heterocycles. The van der Waals surface area contributed by atoms with E-state index in [2.05, 4.69) is 9.97 Å². The number of carbonyl (C=O) groups is 2. The van der Waals surface area contributed by atoms with Crippen LogP contribution in [0.4, 0.5) is 0 Å². The van der Waals surface area contributed by atoms with Gasteiger partial charge in [-0.2, -0.15) is 0 Å². The zero-order chi connectivity index (χ0) is 17.3. The van der Waals surface area contributed by atoms with E-state index in [9.17, 15) is 14.7 Å². The molecule has 1 atom stereocenters. The van der Waals surface area contributed by atoms with Crippen LogP contribution in [0.3, 0.4) is 0 Å². The number of nitrogens with zero attached hydrogens (tertiary/aromatic N) is 3. The maximum absolute atomic E-state index is 11.5. The van der Waals surface area contributed by atoms with E-state index in [0.717, 1.165) is 12.1 Å². The maximum atomic E-state index is 11.5. The number of carboxylic acids is 1. The summed E-state index contributed by atoms with van der Waals surface area (Å²) in [6, 6.07) is 8.62. The summed E-state index contributed by atoms with van der Waals surface area (Å²) in [6.45, 7) is 4.75. The molecule has 1 aromatic heterocycles. The lowest BCUT2D eigenvalue weighted by Crippen LogP contribution is -2.25. The third-order valence-electron chi connectivity index (χ3n) is 4.30. The average Bonchev–Trinajstić information content (AvgIpc) is 3.04. The van der Waals surface area contributed by atoms with Crippen molar-refractivity contribution in [1.82, 2.24) is 14.9 Å². The molecular formula is C18H19N3O3. The Hall–Kier alpha value is -2.76. The van der Waals surface area contributed by atoms with Crippen LogP contribution >= 0.6 is 0 Å². The van der Waals surface area contributed by atoms with E-state index < -0.39 is 5.97 Å². The Bertz CT molecular complexity index is 804. The van der Waals surface area contributed by atoms with Gasteiger partial charge in [-0.25, -0.2) is 14.8 Å². The van der Waals surface area contributed by atoms with Gasteiger partial charge in [-0.05, 0) is 25.5 Å². The third kappa shape index (κ3) is 3.13. The summed E-state index contributed by atoms with van der Waals surface area (Å²) < 4.78 is 0. The standard InChI is InChI=1S/C18H19N3O3/c1-11-9-16(14-5-3-4-6-15(14)18(23)24)20-17(19-11)13-7-8-21(10-13)12(2)22/h3-6,9,13H,7-8,10H2,1-2H3,(H,23,24). The highest BCUT2D eigenvalue weighted by atomic mass is 16.4. The van der Waals surface area contributed by atoms with Gasteiger partial charge in [0, 0.05) is 37.2 Å². The summed E-state index contributed by atoms with van der Waals surface area (Å²) in [5, 5.41) is 9.39. The number of carbonyl (C=O) groups excluding carboxylic acids is 1. The minimum atomic E-state index is -0.980. The average molecular weight is 325 g/mol. The molecule has 1 saturated heterocycles. The van der Waals surface area contributed by atoms with Crippen LogP contribution in [0.25, 0.3) is 11.3 Å². The van der Waals surface area contributed by atoms with Gasteiger partial charge in [0.15, 0.2) is 0 Å². The van der Waals surface area contributed by atoms with Crippen LogP contribution in [0.2, 0.25) is 0 Å². The molecule has 6 nitrogen and oxygen atoms in total. The van der Waals surface area contributed by atoms with Crippen molar-refractivity contribution in [3.63, 3.8) is 0 Å². The summed E-state index contributed by atoms with van der Waals surface area (Å²) >= 11 is 0. The second kappa shape index (κ2) is 6.39. The SMILES string of the molecule is CC(=O)N1CCC(c2nc(C)cc(-c3ccccc3C(=O)O)n2)C1. The van der Waals surface area contributed by atoms with Crippen LogP contribution in [-0.2, 0) is 4.79 Å². The van der Waals surface area contributed by atoms with E-state index in [1.807, 2.05) is 6.92 Å². The Balaban J connectivity index is 1.99. The van der Waals surface area contributed by atoms with Gasteiger partial charge in [-0.3, -0.25) is 4.79 Å². The van der Waals surface area contributed by atoms with Gasteiger partial charge in [-0.1, -0.05) is 18.2 Å². The second-order valence-electron chi connectivity index (χ2n) is 6.05.